The van der Waals surface area contributed by atoms with Crippen molar-refractivity contribution in [2.75, 3.05) is 18.0 Å². The Morgan fingerprint density at radius 2 is 1.76 bits per heavy atom. The first-order valence-corrected chi connectivity index (χ1v) is 6.44. The maximum atomic E-state index is 4.67. The van der Waals surface area contributed by atoms with E-state index in [1.54, 1.807) is 0 Å². The van der Waals surface area contributed by atoms with Gasteiger partial charge in [-0.1, -0.05) is 26.0 Å². The molecule has 0 saturated heterocycles. The van der Waals surface area contributed by atoms with Crippen LogP contribution in [0.3, 0.4) is 0 Å². The minimum atomic E-state index is 1.08. The normalized spacial score (nSPS) is 11.0. The predicted molar refractivity (Wildman–Crippen MR) is 73.5 cm³/mol. The van der Waals surface area contributed by atoms with Crippen LogP contribution in [0.25, 0.3) is 10.9 Å². The molecule has 0 N–H and O–H groups in total. The van der Waals surface area contributed by atoms with Crippen molar-refractivity contribution in [2.24, 2.45) is 7.05 Å². The SMILES string of the molecule is CCCN(CCC)c1nn(C)c2ccccc12. The third-order valence-electron chi connectivity index (χ3n) is 3.02. The largest absolute Gasteiger partial charge is 0.355 e. The van der Waals surface area contributed by atoms with E-state index in [-0.39, 0.29) is 0 Å². The summed E-state index contributed by atoms with van der Waals surface area (Å²) < 4.78 is 1.98. The molecular formula is C14H21N3. The quantitative estimate of drug-likeness (QED) is 0.788. The number of rotatable bonds is 5. The van der Waals surface area contributed by atoms with E-state index in [9.17, 15) is 0 Å². The smallest absolute Gasteiger partial charge is 0.158 e. The molecule has 0 spiro atoms. The fraction of sp³-hybridized carbons (Fsp3) is 0.500. The first-order chi connectivity index (χ1) is 8.27. The molecule has 2 aromatic rings. The molecule has 0 radical (unpaired) electrons. The molecule has 0 bridgehead atoms. The summed E-state index contributed by atoms with van der Waals surface area (Å²) in [4.78, 5) is 2.39. The number of fused-ring (bicyclic) bond motifs is 1. The number of aromatic nitrogens is 2. The van der Waals surface area contributed by atoms with E-state index in [0.717, 1.165) is 31.7 Å². The molecule has 2 rings (SSSR count). The summed E-state index contributed by atoms with van der Waals surface area (Å²) >= 11 is 0. The molecule has 0 aliphatic heterocycles. The van der Waals surface area contributed by atoms with Gasteiger partial charge in [0.25, 0.3) is 0 Å². The minimum Gasteiger partial charge on any atom is -0.355 e. The molecule has 0 aliphatic rings. The third-order valence-corrected chi connectivity index (χ3v) is 3.02. The summed E-state index contributed by atoms with van der Waals surface area (Å²) in [6.07, 6.45) is 2.32. The van der Waals surface area contributed by atoms with Gasteiger partial charge in [0, 0.05) is 25.5 Å². The zero-order chi connectivity index (χ0) is 12.3. The van der Waals surface area contributed by atoms with Gasteiger partial charge in [-0.05, 0) is 25.0 Å². The topological polar surface area (TPSA) is 21.1 Å². The van der Waals surface area contributed by atoms with Gasteiger partial charge in [0.05, 0.1) is 5.52 Å². The number of anilines is 1. The number of aryl methyl sites for hydroxylation is 1. The summed E-state index contributed by atoms with van der Waals surface area (Å²) in [5.41, 5.74) is 1.21. The zero-order valence-corrected chi connectivity index (χ0v) is 11.0. The van der Waals surface area contributed by atoms with Gasteiger partial charge in [0.1, 0.15) is 0 Å². The van der Waals surface area contributed by atoms with Gasteiger partial charge in [-0.3, -0.25) is 4.68 Å². The Labute approximate surface area is 103 Å². The maximum Gasteiger partial charge on any atom is 0.158 e. The van der Waals surface area contributed by atoms with Crippen molar-refractivity contribution in [3.05, 3.63) is 24.3 Å². The first kappa shape index (κ1) is 12.0. The van der Waals surface area contributed by atoms with Crippen LogP contribution in [0.5, 0.6) is 0 Å². The summed E-state index contributed by atoms with van der Waals surface area (Å²) in [6.45, 7) is 6.59. The van der Waals surface area contributed by atoms with E-state index in [2.05, 4.69) is 48.1 Å². The van der Waals surface area contributed by atoms with E-state index >= 15 is 0 Å². The van der Waals surface area contributed by atoms with Gasteiger partial charge >= 0.3 is 0 Å². The van der Waals surface area contributed by atoms with Crippen molar-refractivity contribution in [2.45, 2.75) is 26.7 Å². The van der Waals surface area contributed by atoms with Crippen molar-refractivity contribution < 1.29 is 0 Å². The average Bonchev–Trinajstić information content (AvgIpc) is 2.67. The summed E-state index contributed by atoms with van der Waals surface area (Å²) in [5, 5.41) is 5.93. The molecule has 1 aromatic carbocycles. The Bertz CT molecular complexity index is 481. The first-order valence-electron chi connectivity index (χ1n) is 6.44. The molecular weight excluding hydrogens is 210 g/mol. The molecule has 92 valence electrons. The lowest BCUT2D eigenvalue weighted by Crippen LogP contribution is -2.25. The highest BCUT2D eigenvalue weighted by Gasteiger charge is 2.13. The van der Waals surface area contributed by atoms with Gasteiger partial charge in [-0.25, -0.2) is 0 Å². The second kappa shape index (κ2) is 5.21. The number of benzene rings is 1. The van der Waals surface area contributed by atoms with Gasteiger partial charge in [-0.2, -0.15) is 5.10 Å². The molecule has 0 amide bonds. The second-order valence-corrected chi connectivity index (χ2v) is 4.45. The van der Waals surface area contributed by atoms with Crippen LogP contribution in [0.4, 0.5) is 5.82 Å². The van der Waals surface area contributed by atoms with Crippen molar-refractivity contribution in [3.8, 4) is 0 Å². The summed E-state index contributed by atoms with van der Waals surface area (Å²) in [5.74, 6) is 1.13. The molecule has 17 heavy (non-hydrogen) atoms. The molecule has 0 atom stereocenters. The Hall–Kier alpha value is -1.51. The number of para-hydroxylation sites is 1. The Kier molecular flexibility index (Phi) is 3.67. The Morgan fingerprint density at radius 3 is 2.41 bits per heavy atom. The number of nitrogens with zero attached hydrogens (tertiary/aromatic N) is 3. The Morgan fingerprint density at radius 1 is 1.12 bits per heavy atom. The summed E-state index contributed by atoms with van der Waals surface area (Å²) in [6, 6.07) is 8.44. The van der Waals surface area contributed by atoms with E-state index in [1.807, 2.05) is 11.7 Å². The highest BCUT2D eigenvalue weighted by molar-refractivity contribution is 5.90. The van der Waals surface area contributed by atoms with Crippen LogP contribution in [0.15, 0.2) is 24.3 Å². The van der Waals surface area contributed by atoms with Crippen LogP contribution in [-0.2, 0) is 7.05 Å². The van der Waals surface area contributed by atoms with E-state index in [1.165, 1.54) is 10.9 Å². The maximum absolute atomic E-state index is 4.67. The van der Waals surface area contributed by atoms with Crippen LogP contribution < -0.4 is 4.90 Å². The van der Waals surface area contributed by atoms with Crippen LogP contribution >= 0.6 is 0 Å². The lowest BCUT2D eigenvalue weighted by atomic mass is 10.2. The monoisotopic (exact) mass is 231 g/mol. The van der Waals surface area contributed by atoms with Crippen molar-refractivity contribution in [3.63, 3.8) is 0 Å². The van der Waals surface area contributed by atoms with Gasteiger partial charge in [0.15, 0.2) is 5.82 Å². The fourth-order valence-electron chi connectivity index (χ4n) is 2.29. The molecule has 0 saturated carbocycles. The predicted octanol–water partition coefficient (Wildman–Crippen LogP) is 3.20. The average molecular weight is 231 g/mol. The second-order valence-electron chi connectivity index (χ2n) is 4.45. The minimum absolute atomic E-state index is 1.08. The molecule has 3 nitrogen and oxygen atoms in total. The van der Waals surface area contributed by atoms with Crippen molar-refractivity contribution >= 4 is 16.7 Å². The molecule has 0 fully saturated rings. The number of hydrogen-bond acceptors (Lipinski definition) is 2. The van der Waals surface area contributed by atoms with Crippen molar-refractivity contribution in [1.82, 2.24) is 9.78 Å². The molecule has 1 aromatic heterocycles. The third kappa shape index (κ3) is 2.28. The van der Waals surface area contributed by atoms with Crippen LogP contribution in [0.1, 0.15) is 26.7 Å². The zero-order valence-electron chi connectivity index (χ0n) is 11.0. The summed E-state index contributed by atoms with van der Waals surface area (Å²) in [7, 11) is 2.02. The molecule has 0 unspecified atom stereocenters. The fourth-order valence-corrected chi connectivity index (χ4v) is 2.29. The van der Waals surface area contributed by atoms with Gasteiger partial charge in [0.2, 0.25) is 0 Å². The lowest BCUT2D eigenvalue weighted by Gasteiger charge is -2.21. The van der Waals surface area contributed by atoms with Crippen LogP contribution in [0, 0.1) is 0 Å². The number of hydrogen-bond donors (Lipinski definition) is 0. The highest BCUT2D eigenvalue weighted by atomic mass is 15.3. The molecule has 0 aliphatic carbocycles. The lowest BCUT2D eigenvalue weighted by molar-refractivity contribution is 0.712. The molecule has 1 heterocycles. The Balaban J connectivity index is 2.45. The van der Waals surface area contributed by atoms with E-state index in [0.29, 0.717) is 0 Å². The van der Waals surface area contributed by atoms with Gasteiger partial charge in [-0.15, -0.1) is 0 Å². The van der Waals surface area contributed by atoms with E-state index in [4.69, 9.17) is 0 Å². The molecule has 3 heteroatoms. The standard InChI is InChI=1S/C14H21N3/c1-4-10-17(11-5-2)14-12-8-6-7-9-13(12)16(3)15-14/h6-9H,4-5,10-11H2,1-3H3. The van der Waals surface area contributed by atoms with Crippen LogP contribution in [-0.4, -0.2) is 22.9 Å². The van der Waals surface area contributed by atoms with Gasteiger partial charge < -0.3 is 4.90 Å². The highest BCUT2D eigenvalue weighted by Crippen LogP contribution is 2.25. The van der Waals surface area contributed by atoms with Crippen molar-refractivity contribution in [1.29, 1.82) is 0 Å². The van der Waals surface area contributed by atoms with E-state index < -0.39 is 0 Å². The van der Waals surface area contributed by atoms with Crippen LogP contribution in [0.2, 0.25) is 0 Å².